The lowest BCUT2D eigenvalue weighted by Gasteiger charge is -2.11. The second-order valence-electron chi connectivity index (χ2n) is 3.36. The van der Waals surface area contributed by atoms with Crippen molar-refractivity contribution in [2.75, 3.05) is 4.66 Å². The highest BCUT2D eigenvalue weighted by molar-refractivity contribution is 9.10. The first kappa shape index (κ1) is 12.7. The van der Waals surface area contributed by atoms with Crippen LogP contribution >= 0.6 is 15.9 Å². The highest BCUT2D eigenvalue weighted by Crippen LogP contribution is 2.06. The Hall–Kier alpha value is -0.330. The maximum Gasteiger partial charge on any atom is 0.221 e. The third-order valence-corrected chi connectivity index (χ3v) is 4.79. The van der Waals surface area contributed by atoms with E-state index in [-0.39, 0.29) is 10.7 Å². The number of aryl methyl sites for hydroxylation is 1. The standard InChI is InChI=1S/C9H14BrNO3S/c1-8(11-15(12,13)7-10)4-5-9-3-2-6-14-9/h2-3,6,8,11H,4-5,7H2,1H3. The van der Waals surface area contributed by atoms with Crippen molar-refractivity contribution in [3.05, 3.63) is 24.2 Å². The number of furan rings is 1. The van der Waals surface area contributed by atoms with Gasteiger partial charge in [-0.15, -0.1) is 0 Å². The summed E-state index contributed by atoms with van der Waals surface area (Å²) in [6.07, 6.45) is 3.07. The van der Waals surface area contributed by atoms with Crippen LogP contribution in [0.3, 0.4) is 0 Å². The molecule has 6 heteroatoms. The summed E-state index contributed by atoms with van der Waals surface area (Å²) in [7, 11) is -3.17. The predicted molar refractivity (Wildman–Crippen MR) is 62.3 cm³/mol. The van der Waals surface area contributed by atoms with Gasteiger partial charge in [-0.2, -0.15) is 0 Å². The minimum atomic E-state index is -3.17. The van der Waals surface area contributed by atoms with Crippen LogP contribution in [-0.4, -0.2) is 19.1 Å². The smallest absolute Gasteiger partial charge is 0.221 e. The van der Waals surface area contributed by atoms with Gasteiger partial charge in [-0.25, -0.2) is 13.1 Å². The zero-order chi connectivity index (χ0) is 11.3. The summed E-state index contributed by atoms with van der Waals surface area (Å²) < 4.78 is 30.0. The molecule has 0 bridgehead atoms. The zero-order valence-electron chi connectivity index (χ0n) is 8.44. The molecule has 1 aromatic rings. The largest absolute Gasteiger partial charge is 0.469 e. The van der Waals surface area contributed by atoms with Crippen molar-refractivity contribution in [1.82, 2.24) is 4.72 Å². The summed E-state index contributed by atoms with van der Waals surface area (Å²) in [4.78, 5) is 0. The molecular formula is C9H14BrNO3S. The van der Waals surface area contributed by atoms with Gasteiger partial charge in [-0.05, 0) is 25.5 Å². The second kappa shape index (κ2) is 5.67. The molecule has 1 N–H and O–H groups in total. The molecule has 1 rings (SSSR count). The number of alkyl halides is 1. The van der Waals surface area contributed by atoms with E-state index in [0.717, 1.165) is 18.6 Å². The van der Waals surface area contributed by atoms with Crippen molar-refractivity contribution in [2.45, 2.75) is 25.8 Å². The van der Waals surface area contributed by atoms with E-state index in [9.17, 15) is 8.42 Å². The monoisotopic (exact) mass is 295 g/mol. The van der Waals surface area contributed by atoms with E-state index < -0.39 is 10.0 Å². The molecule has 4 nitrogen and oxygen atoms in total. The Labute approximate surface area is 98.2 Å². The number of nitrogens with one attached hydrogen (secondary N) is 1. The molecular weight excluding hydrogens is 282 g/mol. The number of rotatable bonds is 6. The Kier molecular flexibility index (Phi) is 4.82. The molecule has 1 unspecified atom stereocenters. The quantitative estimate of drug-likeness (QED) is 0.815. The molecule has 0 fully saturated rings. The Morgan fingerprint density at radius 2 is 2.33 bits per heavy atom. The van der Waals surface area contributed by atoms with Crippen LogP contribution in [0, 0.1) is 0 Å². The maximum atomic E-state index is 11.2. The average Bonchev–Trinajstić information content (AvgIpc) is 2.66. The van der Waals surface area contributed by atoms with Crippen LogP contribution in [0.1, 0.15) is 19.1 Å². The minimum absolute atomic E-state index is 0.0644. The van der Waals surface area contributed by atoms with E-state index in [2.05, 4.69) is 20.7 Å². The average molecular weight is 296 g/mol. The van der Waals surface area contributed by atoms with Crippen LogP contribution in [0.15, 0.2) is 22.8 Å². The van der Waals surface area contributed by atoms with Crippen molar-refractivity contribution < 1.29 is 12.8 Å². The number of hydrogen-bond donors (Lipinski definition) is 1. The summed E-state index contributed by atoms with van der Waals surface area (Å²) in [5.74, 6) is 0.875. The zero-order valence-corrected chi connectivity index (χ0v) is 10.8. The SMILES string of the molecule is CC(CCc1ccco1)NS(=O)(=O)CBr. The van der Waals surface area contributed by atoms with Gasteiger partial charge in [0.05, 0.1) is 6.26 Å². The minimum Gasteiger partial charge on any atom is -0.469 e. The fraction of sp³-hybridized carbons (Fsp3) is 0.556. The van der Waals surface area contributed by atoms with E-state index >= 15 is 0 Å². The summed E-state index contributed by atoms with van der Waals surface area (Å²) in [5, 5.41) is 0. The molecule has 1 aromatic heterocycles. The topological polar surface area (TPSA) is 59.3 Å². The van der Waals surface area contributed by atoms with Crippen LogP contribution in [0.2, 0.25) is 0 Å². The molecule has 86 valence electrons. The molecule has 0 spiro atoms. The second-order valence-corrected chi connectivity index (χ2v) is 6.42. The highest BCUT2D eigenvalue weighted by atomic mass is 79.9. The normalized spacial score (nSPS) is 14.0. The van der Waals surface area contributed by atoms with Gasteiger partial charge in [0, 0.05) is 12.5 Å². The molecule has 0 saturated carbocycles. The van der Waals surface area contributed by atoms with Gasteiger partial charge in [0.25, 0.3) is 0 Å². The number of halogens is 1. The van der Waals surface area contributed by atoms with Crippen LogP contribution in [-0.2, 0) is 16.4 Å². The molecule has 0 aliphatic carbocycles. The molecule has 1 heterocycles. The van der Waals surface area contributed by atoms with Gasteiger partial charge >= 0.3 is 0 Å². The Morgan fingerprint density at radius 3 is 2.87 bits per heavy atom. The summed E-state index contributed by atoms with van der Waals surface area (Å²) in [6.45, 7) is 1.84. The van der Waals surface area contributed by atoms with Crippen molar-refractivity contribution in [3.8, 4) is 0 Å². The van der Waals surface area contributed by atoms with Crippen molar-refractivity contribution in [3.63, 3.8) is 0 Å². The van der Waals surface area contributed by atoms with Gasteiger partial charge in [0.15, 0.2) is 0 Å². The van der Waals surface area contributed by atoms with E-state index in [4.69, 9.17) is 4.42 Å². The van der Waals surface area contributed by atoms with E-state index in [1.54, 1.807) is 6.26 Å². The van der Waals surface area contributed by atoms with Crippen molar-refractivity contribution in [1.29, 1.82) is 0 Å². The Morgan fingerprint density at radius 1 is 1.60 bits per heavy atom. The molecule has 1 atom stereocenters. The molecule has 0 aliphatic rings. The highest BCUT2D eigenvalue weighted by Gasteiger charge is 2.12. The van der Waals surface area contributed by atoms with Crippen molar-refractivity contribution >= 4 is 26.0 Å². The van der Waals surface area contributed by atoms with E-state index in [0.29, 0.717) is 0 Å². The van der Waals surface area contributed by atoms with Gasteiger partial charge in [-0.3, -0.25) is 0 Å². The first-order chi connectivity index (χ1) is 7.03. The third-order valence-electron chi connectivity index (χ3n) is 1.93. The number of hydrogen-bond acceptors (Lipinski definition) is 3. The fourth-order valence-electron chi connectivity index (χ4n) is 1.21. The Bertz CT molecular complexity index is 374. The molecule has 0 aromatic carbocycles. The molecule has 0 amide bonds. The van der Waals surface area contributed by atoms with Gasteiger partial charge in [-0.1, -0.05) is 15.9 Å². The Balaban J connectivity index is 2.34. The third kappa shape index (κ3) is 4.81. The number of sulfonamides is 1. The van der Waals surface area contributed by atoms with Gasteiger partial charge in [0.2, 0.25) is 10.0 Å². The van der Waals surface area contributed by atoms with Crippen LogP contribution < -0.4 is 4.72 Å². The summed E-state index contributed by atoms with van der Waals surface area (Å²) in [5.41, 5.74) is 0. The van der Waals surface area contributed by atoms with Crippen LogP contribution in [0.4, 0.5) is 0 Å². The predicted octanol–water partition coefficient (Wildman–Crippen LogP) is 1.87. The molecule has 0 radical (unpaired) electrons. The lowest BCUT2D eigenvalue weighted by Crippen LogP contribution is -2.33. The van der Waals surface area contributed by atoms with Crippen molar-refractivity contribution in [2.24, 2.45) is 0 Å². The lowest BCUT2D eigenvalue weighted by atomic mass is 10.2. The van der Waals surface area contributed by atoms with Gasteiger partial charge < -0.3 is 4.42 Å². The first-order valence-electron chi connectivity index (χ1n) is 4.62. The van der Waals surface area contributed by atoms with E-state index in [1.165, 1.54) is 0 Å². The van der Waals surface area contributed by atoms with Gasteiger partial charge in [0.1, 0.15) is 10.4 Å². The van der Waals surface area contributed by atoms with Crippen LogP contribution in [0.5, 0.6) is 0 Å². The van der Waals surface area contributed by atoms with E-state index in [1.807, 2.05) is 19.1 Å². The fourth-order valence-corrected chi connectivity index (χ4v) is 2.40. The molecule has 15 heavy (non-hydrogen) atoms. The summed E-state index contributed by atoms with van der Waals surface area (Å²) >= 11 is 2.92. The van der Waals surface area contributed by atoms with Crippen LogP contribution in [0.25, 0.3) is 0 Å². The maximum absolute atomic E-state index is 11.2. The molecule has 0 saturated heterocycles. The lowest BCUT2D eigenvalue weighted by molar-refractivity contribution is 0.480. The first-order valence-corrected chi connectivity index (χ1v) is 7.39. The summed E-state index contributed by atoms with van der Waals surface area (Å²) in [6, 6.07) is 3.62. The molecule has 0 aliphatic heterocycles.